The second-order valence-corrected chi connectivity index (χ2v) is 4.96. The first-order valence-electron chi connectivity index (χ1n) is 6.11. The maximum Gasteiger partial charge on any atom is 0.163 e. The largest absolute Gasteiger partial charge is 0.294 e. The standard InChI is InChI=1S/C15H22O/c1-11(2)7-5-10-15(16)14-9-6-8-12(3)13(14)4/h6,8-9,11H,5,7,10H2,1-4H3. The van der Waals surface area contributed by atoms with Gasteiger partial charge in [-0.3, -0.25) is 4.79 Å². The molecule has 88 valence electrons. The van der Waals surface area contributed by atoms with Crippen LogP contribution in [0.1, 0.15) is 54.6 Å². The van der Waals surface area contributed by atoms with Crippen LogP contribution in [0.2, 0.25) is 0 Å². The molecule has 0 bridgehead atoms. The number of aryl methyl sites for hydroxylation is 1. The number of ketones is 1. The second kappa shape index (κ2) is 5.83. The van der Waals surface area contributed by atoms with Gasteiger partial charge in [-0.15, -0.1) is 0 Å². The van der Waals surface area contributed by atoms with Gasteiger partial charge in [-0.05, 0) is 37.3 Å². The van der Waals surface area contributed by atoms with E-state index < -0.39 is 0 Å². The van der Waals surface area contributed by atoms with E-state index in [0.29, 0.717) is 18.1 Å². The normalized spacial score (nSPS) is 10.8. The van der Waals surface area contributed by atoms with Crippen LogP contribution in [0.4, 0.5) is 0 Å². The summed E-state index contributed by atoms with van der Waals surface area (Å²) < 4.78 is 0. The van der Waals surface area contributed by atoms with Crippen molar-refractivity contribution < 1.29 is 4.79 Å². The Morgan fingerprint density at radius 1 is 1.25 bits per heavy atom. The molecule has 0 unspecified atom stereocenters. The molecule has 0 fully saturated rings. The van der Waals surface area contributed by atoms with Gasteiger partial charge in [-0.1, -0.05) is 38.5 Å². The zero-order valence-corrected chi connectivity index (χ0v) is 10.8. The van der Waals surface area contributed by atoms with Crippen molar-refractivity contribution >= 4 is 5.78 Å². The van der Waals surface area contributed by atoms with Crippen molar-refractivity contribution in [2.45, 2.75) is 47.0 Å². The quantitative estimate of drug-likeness (QED) is 0.673. The minimum atomic E-state index is 0.293. The van der Waals surface area contributed by atoms with Crippen LogP contribution in [0.15, 0.2) is 18.2 Å². The minimum Gasteiger partial charge on any atom is -0.294 e. The molecular weight excluding hydrogens is 196 g/mol. The fourth-order valence-electron chi connectivity index (χ4n) is 1.86. The molecule has 1 rings (SSSR count). The van der Waals surface area contributed by atoms with Crippen molar-refractivity contribution in [1.29, 1.82) is 0 Å². The molecule has 0 radical (unpaired) electrons. The summed E-state index contributed by atoms with van der Waals surface area (Å²) in [5, 5.41) is 0. The molecule has 0 N–H and O–H groups in total. The molecule has 1 aromatic carbocycles. The molecule has 0 saturated carbocycles. The predicted octanol–water partition coefficient (Wildman–Crippen LogP) is 4.31. The highest BCUT2D eigenvalue weighted by Gasteiger charge is 2.09. The molecule has 0 saturated heterocycles. The lowest BCUT2D eigenvalue weighted by Crippen LogP contribution is -2.03. The first-order valence-corrected chi connectivity index (χ1v) is 6.11. The summed E-state index contributed by atoms with van der Waals surface area (Å²) in [5.41, 5.74) is 3.25. The highest BCUT2D eigenvalue weighted by Crippen LogP contribution is 2.16. The van der Waals surface area contributed by atoms with Gasteiger partial charge in [0.05, 0.1) is 0 Å². The number of carbonyl (C=O) groups excluding carboxylic acids is 1. The Balaban J connectivity index is 2.63. The Hall–Kier alpha value is -1.11. The molecule has 0 heterocycles. The van der Waals surface area contributed by atoms with Gasteiger partial charge >= 0.3 is 0 Å². The van der Waals surface area contributed by atoms with Crippen molar-refractivity contribution in [1.82, 2.24) is 0 Å². The Bertz CT molecular complexity index is 364. The molecule has 0 aliphatic carbocycles. The topological polar surface area (TPSA) is 17.1 Å². The zero-order valence-electron chi connectivity index (χ0n) is 10.8. The van der Waals surface area contributed by atoms with Gasteiger partial charge in [0, 0.05) is 12.0 Å². The van der Waals surface area contributed by atoms with E-state index in [-0.39, 0.29) is 0 Å². The van der Waals surface area contributed by atoms with E-state index in [9.17, 15) is 4.79 Å². The third kappa shape index (κ3) is 3.48. The van der Waals surface area contributed by atoms with Gasteiger partial charge in [0.1, 0.15) is 0 Å². The first kappa shape index (κ1) is 13.0. The summed E-state index contributed by atoms with van der Waals surface area (Å²) >= 11 is 0. The third-order valence-electron chi connectivity index (χ3n) is 3.09. The molecular formula is C15H22O. The van der Waals surface area contributed by atoms with E-state index in [1.807, 2.05) is 19.1 Å². The fraction of sp³-hybridized carbons (Fsp3) is 0.533. The summed E-state index contributed by atoms with van der Waals surface area (Å²) in [4.78, 5) is 12.0. The lowest BCUT2D eigenvalue weighted by Gasteiger charge is -2.08. The maximum atomic E-state index is 12.0. The highest BCUT2D eigenvalue weighted by atomic mass is 16.1. The highest BCUT2D eigenvalue weighted by molar-refractivity contribution is 5.97. The lowest BCUT2D eigenvalue weighted by atomic mass is 9.96. The van der Waals surface area contributed by atoms with E-state index in [0.717, 1.165) is 24.0 Å². The van der Waals surface area contributed by atoms with Crippen LogP contribution in [-0.4, -0.2) is 5.78 Å². The van der Waals surface area contributed by atoms with Crippen molar-refractivity contribution in [3.63, 3.8) is 0 Å². The van der Waals surface area contributed by atoms with Crippen LogP contribution in [-0.2, 0) is 0 Å². The molecule has 1 nitrogen and oxygen atoms in total. The van der Waals surface area contributed by atoms with Crippen LogP contribution >= 0.6 is 0 Å². The van der Waals surface area contributed by atoms with Gasteiger partial charge in [-0.2, -0.15) is 0 Å². The number of carbonyl (C=O) groups is 1. The zero-order chi connectivity index (χ0) is 12.1. The summed E-state index contributed by atoms with van der Waals surface area (Å²) in [6.07, 6.45) is 2.82. The van der Waals surface area contributed by atoms with E-state index in [1.165, 1.54) is 5.56 Å². The lowest BCUT2D eigenvalue weighted by molar-refractivity contribution is 0.0977. The molecule has 0 amide bonds. The Labute approximate surface area is 98.9 Å². The van der Waals surface area contributed by atoms with Crippen LogP contribution < -0.4 is 0 Å². The van der Waals surface area contributed by atoms with Crippen molar-refractivity contribution in [2.75, 3.05) is 0 Å². The molecule has 0 aliphatic heterocycles. The second-order valence-electron chi connectivity index (χ2n) is 4.96. The molecule has 0 aliphatic rings. The van der Waals surface area contributed by atoms with Crippen molar-refractivity contribution in [3.8, 4) is 0 Å². The molecule has 0 atom stereocenters. The van der Waals surface area contributed by atoms with E-state index in [2.05, 4.69) is 26.8 Å². The third-order valence-corrected chi connectivity index (χ3v) is 3.09. The van der Waals surface area contributed by atoms with Crippen LogP contribution in [0.25, 0.3) is 0 Å². The van der Waals surface area contributed by atoms with E-state index in [1.54, 1.807) is 0 Å². The maximum absolute atomic E-state index is 12.0. The van der Waals surface area contributed by atoms with Crippen LogP contribution in [0, 0.1) is 19.8 Å². The van der Waals surface area contributed by atoms with E-state index in [4.69, 9.17) is 0 Å². The molecule has 16 heavy (non-hydrogen) atoms. The van der Waals surface area contributed by atoms with Crippen LogP contribution in [0.5, 0.6) is 0 Å². The number of benzene rings is 1. The van der Waals surface area contributed by atoms with Crippen LogP contribution in [0.3, 0.4) is 0 Å². The summed E-state index contributed by atoms with van der Waals surface area (Å²) in [6.45, 7) is 8.48. The summed E-state index contributed by atoms with van der Waals surface area (Å²) in [7, 11) is 0. The minimum absolute atomic E-state index is 0.293. The van der Waals surface area contributed by atoms with Crippen molar-refractivity contribution in [3.05, 3.63) is 34.9 Å². The van der Waals surface area contributed by atoms with Gasteiger partial charge in [0.2, 0.25) is 0 Å². The van der Waals surface area contributed by atoms with E-state index >= 15 is 0 Å². The smallest absolute Gasteiger partial charge is 0.163 e. The summed E-state index contributed by atoms with van der Waals surface area (Å²) in [6, 6.07) is 5.97. The SMILES string of the molecule is Cc1cccc(C(=O)CCCC(C)C)c1C. The number of hydrogen-bond donors (Lipinski definition) is 0. The average Bonchev–Trinajstić information content (AvgIpc) is 2.21. The summed E-state index contributed by atoms with van der Waals surface area (Å²) in [5.74, 6) is 0.980. The number of Topliss-reactive ketones (excluding diaryl/α,β-unsaturated/α-hetero) is 1. The fourth-order valence-corrected chi connectivity index (χ4v) is 1.86. The number of rotatable bonds is 5. The van der Waals surface area contributed by atoms with Crippen molar-refractivity contribution in [2.24, 2.45) is 5.92 Å². The number of hydrogen-bond acceptors (Lipinski definition) is 1. The van der Waals surface area contributed by atoms with Gasteiger partial charge < -0.3 is 0 Å². The Morgan fingerprint density at radius 3 is 2.56 bits per heavy atom. The van der Waals surface area contributed by atoms with Gasteiger partial charge in [0.25, 0.3) is 0 Å². The molecule has 0 aromatic heterocycles. The first-order chi connectivity index (χ1) is 7.52. The predicted molar refractivity (Wildman–Crippen MR) is 68.9 cm³/mol. The molecule has 0 spiro atoms. The Morgan fingerprint density at radius 2 is 1.94 bits per heavy atom. The molecule has 1 heteroatoms. The monoisotopic (exact) mass is 218 g/mol. The average molecular weight is 218 g/mol. The van der Waals surface area contributed by atoms with Gasteiger partial charge in [-0.25, -0.2) is 0 Å². The van der Waals surface area contributed by atoms with Gasteiger partial charge in [0.15, 0.2) is 5.78 Å². The Kier molecular flexibility index (Phi) is 4.72. The molecule has 1 aromatic rings.